The van der Waals surface area contributed by atoms with E-state index in [9.17, 15) is 0 Å². The van der Waals surface area contributed by atoms with Crippen LogP contribution in [0.15, 0.2) is 34.9 Å². The molecular formula is C14H15N5O2. The zero-order valence-electron chi connectivity index (χ0n) is 11.8. The Morgan fingerprint density at radius 3 is 2.62 bits per heavy atom. The Labute approximate surface area is 121 Å². The zero-order valence-corrected chi connectivity index (χ0v) is 11.8. The summed E-state index contributed by atoms with van der Waals surface area (Å²) in [6.45, 7) is 0. The molecule has 21 heavy (non-hydrogen) atoms. The number of anilines is 1. The SMILES string of the molecule is COc1ccc(Cc2nnc(-c3c(N)cnn3C)o2)cc1. The monoisotopic (exact) mass is 285 g/mol. The highest BCUT2D eigenvalue weighted by atomic mass is 16.5. The summed E-state index contributed by atoms with van der Waals surface area (Å²) in [6, 6.07) is 7.71. The van der Waals surface area contributed by atoms with Crippen molar-refractivity contribution in [1.29, 1.82) is 0 Å². The minimum absolute atomic E-state index is 0.371. The minimum atomic E-state index is 0.371. The molecule has 3 aromatic rings. The van der Waals surface area contributed by atoms with Crippen LogP contribution < -0.4 is 10.5 Å². The van der Waals surface area contributed by atoms with E-state index in [2.05, 4.69) is 15.3 Å². The first kappa shape index (κ1) is 13.2. The number of nitrogens with two attached hydrogens (primary N) is 1. The largest absolute Gasteiger partial charge is 0.497 e. The molecule has 0 amide bonds. The lowest BCUT2D eigenvalue weighted by Gasteiger charge is -2.01. The molecule has 0 radical (unpaired) electrons. The quantitative estimate of drug-likeness (QED) is 0.783. The molecule has 0 aliphatic rings. The predicted molar refractivity (Wildman–Crippen MR) is 76.7 cm³/mol. The van der Waals surface area contributed by atoms with Crippen LogP contribution >= 0.6 is 0 Å². The van der Waals surface area contributed by atoms with Crippen LogP contribution in [0.1, 0.15) is 11.5 Å². The predicted octanol–water partition coefficient (Wildman–Crippen LogP) is 1.65. The van der Waals surface area contributed by atoms with Crippen molar-refractivity contribution in [2.45, 2.75) is 6.42 Å². The Hall–Kier alpha value is -2.83. The number of aromatic nitrogens is 4. The molecule has 0 fully saturated rings. The van der Waals surface area contributed by atoms with Crippen molar-refractivity contribution in [3.05, 3.63) is 41.9 Å². The van der Waals surface area contributed by atoms with Crippen LogP contribution in [-0.4, -0.2) is 27.1 Å². The van der Waals surface area contributed by atoms with E-state index in [1.807, 2.05) is 24.3 Å². The number of ether oxygens (including phenoxy) is 1. The molecule has 0 spiro atoms. The number of rotatable bonds is 4. The van der Waals surface area contributed by atoms with E-state index >= 15 is 0 Å². The van der Waals surface area contributed by atoms with Crippen LogP contribution in [0.2, 0.25) is 0 Å². The molecule has 2 aromatic heterocycles. The fourth-order valence-electron chi connectivity index (χ4n) is 2.06. The van der Waals surface area contributed by atoms with E-state index < -0.39 is 0 Å². The molecule has 0 atom stereocenters. The maximum atomic E-state index is 5.84. The first-order valence-electron chi connectivity index (χ1n) is 6.40. The lowest BCUT2D eigenvalue weighted by molar-refractivity contribution is 0.414. The minimum Gasteiger partial charge on any atom is -0.497 e. The highest BCUT2D eigenvalue weighted by molar-refractivity contribution is 5.65. The third kappa shape index (κ3) is 2.58. The van der Waals surface area contributed by atoms with Crippen LogP contribution in [0.3, 0.4) is 0 Å². The topological polar surface area (TPSA) is 92.0 Å². The Morgan fingerprint density at radius 2 is 2.00 bits per heavy atom. The molecule has 7 nitrogen and oxygen atoms in total. The lowest BCUT2D eigenvalue weighted by Crippen LogP contribution is -1.95. The van der Waals surface area contributed by atoms with Crippen LogP contribution in [0.4, 0.5) is 5.69 Å². The number of aryl methyl sites for hydroxylation is 1. The van der Waals surface area contributed by atoms with Gasteiger partial charge in [-0.15, -0.1) is 10.2 Å². The smallest absolute Gasteiger partial charge is 0.268 e. The molecule has 0 saturated heterocycles. The molecule has 0 aliphatic carbocycles. The molecule has 2 N–H and O–H groups in total. The van der Waals surface area contributed by atoms with Crippen LogP contribution in [0, 0.1) is 0 Å². The maximum Gasteiger partial charge on any atom is 0.268 e. The van der Waals surface area contributed by atoms with Gasteiger partial charge < -0.3 is 14.9 Å². The summed E-state index contributed by atoms with van der Waals surface area (Å²) in [7, 11) is 3.41. The van der Waals surface area contributed by atoms with Gasteiger partial charge >= 0.3 is 0 Å². The lowest BCUT2D eigenvalue weighted by atomic mass is 10.1. The van der Waals surface area contributed by atoms with Gasteiger partial charge in [-0.3, -0.25) is 4.68 Å². The zero-order chi connectivity index (χ0) is 14.8. The first-order chi connectivity index (χ1) is 10.2. The van der Waals surface area contributed by atoms with Gasteiger partial charge in [0.1, 0.15) is 11.4 Å². The highest BCUT2D eigenvalue weighted by Crippen LogP contribution is 2.24. The van der Waals surface area contributed by atoms with Crippen molar-refractivity contribution in [3.8, 4) is 17.3 Å². The van der Waals surface area contributed by atoms with Crippen molar-refractivity contribution < 1.29 is 9.15 Å². The number of hydrogen-bond donors (Lipinski definition) is 1. The van der Waals surface area contributed by atoms with Gasteiger partial charge in [-0.2, -0.15) is 5.10 Å². The van der Waals surface area contributed by atoms with E-state index in [0.717, 1.165) is 11.3 Å². The van der Waals surface area contributed by atoms with Crippen LogP contribution in [0.5, 0.6) is 5.75 Å². The van der Waals surface area contributed by atoms with Gasteiger partial charge in [0, 0.05) is 7.05 Å². The fourth-order valence-corrected chi connectivity index (χ4v) is 2.06. The summed E-state index contributed by atoms with van der Waals surface area (Å²) in [4.78, 5) is 0. The Bertz CT molecular complexity index is 726. The normalized spacial score (nSPS) is 10.8. The van der Waals surface area contributed by atoms with E-state index in [-0.39, 0.29) is 0 Å². The molecule has 0 saturated carbocycles. The van der Waals surface area contributed by atoms with Gasteiger partial charge in [0.05, 0.1) is 25.4 Å². The molecule has 108 valence electrons. The molecule has 2 heterocycles. The summed E-state index contributed by atoms with van der Waals surface area (Å²) < 4.78 is 12.4. The highest BCUT2D eigenvalue weighted by Gasteiger charge is 2.16. The maximum absolute atomic E-state index is 5.84. The third-order valence-electron chi connectivity index (χ3n) is 3.15. The molecule has 0 aliphatic heterocycles. The van der Waals surface area contributed by atoms with E-state index in [1.54, 1.807) is 25.0 Å². The second-order valence-electron chi connectivity index (χ2n) is 4.60. The molecule has 7 heteroatoms. The van der Waals surface area contributed by atoms with Crippen molar-refractivity contribution in [1.82, 2.24) is 20.0 Å². The van der Waals surface area contributed by atoms with Gasteiger partial charge in [-0.25, -0.2) is 0 Å². The first-order valence-corrected chi connectivity index (χ1v) is 6.40. The second-order valence-corrected chi connectivity index (χ2v) is 4.60. The molecule has 0 unspecified atom stereocenters. The molecule has 3 rings (SSSR count). The average Bonchev–Trinajstić information content (AvgIpc) is 3.06. The Balaban J connectivity index is 1.82. The van der Waals surface area contributed by atoms with E-state index in [1.165, 1.54) is 0 Å². The second kappa shape index (κ2) is 5.28. The summed E-state index contributed by atoms with van der Waals surface area (Å²) in [5.74, 6) is 1.71. The molecule has 0 bridgehead atoms. The van der Waals surface area contributed by atoms with Crippen LogP contribution in [0.25, 0.3) is 11.6 Å². The van der Waals surface area contributed by atoms with Gasteiger partial charge in [-0.05, 0) is 17.7 Å². The fraction of sp³-hybridized carbons (Fsp3) is 0.214. The summed E-state index contributed by atoms with van der Waals surface area (Å²) >= 11 is 0. The van der Waals surface area contributed by atoms with Gasteiger partial charge in [0.25, 0.3) is 5.89 Å². The number of methoxy groups -OCH3 is 1. The summed E-state index contributed by atoms with van der Waals surface area (Å²) in [6.07, 6.45) is 2.11. The van der Waals surface area contributed by atoms with Crippen molar-refractivity contribution >= 4 is 5.69 Å². The Morgan fingerprint density at radius 1 is 1.24 bits per heavy atom. The van der Waals surface area contributed by atoms with Gasteiger partial charge in [-0.1, -0.05) is 12.1 Å². The molecule has 1 aromatic carbocycles. The number of nitrogens with zero attached hydrogens (tertiary/aromatic N) is 4. The van der Waals surface area contributed by atoms with Crippen molar-refractivity contribution in [3.63, 3.8) is 0 Å². The third-order valence-corrected chi connectivity index (χ3v) is 3.15. The van der Waals surface area contributed by atoms with E-state index in [4.69, 9.17) is 14.9 Å². The number of hydrogen-bond acceptors (Lipinski definition) is 6. The summed E-state index contributed by atoms with van der Waals surface area (Å²) in [5.41, 5.74) is 8.04. The van der Waals surface area contributed by atoms with Crippen LogP contribution in [-0.2, 0) is 13.5 Å². The van der Waals surface area contributed by atoms with E-state index in [0.29, 0.717) is 29.6 Å². The standard InChI is InChI=1S/C14H15N5O2/c1-19-13(11(15)8-16-19)14-18-17-12(21-14)7-9-3-5-10(20-2)6-4-9/h3-6,8H,7,15H2,1-2H3. The number of nitrogen functional groups attached to an aromatic ring is 1. The molecular weight excluding hydrogens is 270 g/mol. The number of benzene rings is 1. The average molecular weight is 285 g/mol. The van der Waals surface area contributed by atoms with Crippen molar-refractivity contribution in [2.24, 2.45) is 7.05 Å². The Kier molecular flexibility index (Phi) is 3.31. The summed E-state index contributed by atoms with van der Waals surface area (Å²) in [5, 5.41) is 12.1. The van der Waals surface area contributed by atoms with Crippen molar-refractivity contribution in [2.75, 3.05) is 12.8 Å². The van der Waals surface area contributed by atoms with Gasteiger partial charge in [0.15, 0.2) is 0 Å². The van der Waals surface area contributed by atoms with Gasteiger partial charge in [0.2, 0.25) is 5.89 Å².